The largest absolute Gasteiger partial charge is 0.505 e. The normalized spacial score (nSPS) is 16.3. The number of benzene rings is 2. The van der Waals surface area contributed by atoms with E-state index in [1.807, 2.05) is 18.2 Å². The van der Waals surface area contributed by atoms with Gasteiger partial charge in [0.1, 0.15) is 5.75 Å². The van der Waals surface area contributed by atoms with Crippen LogP contribution >= 0.6 is 15.9 Å². The number of amides is 1. The minimum Gasteiger partial charge on any atom is -0.505 e. The SMILES string of the molecule is O=C(Nc1cccc(Br)c1O)C1CNc2ccccc2O1. The Morgan fingerprint density at radius 2 is 2.10 bits per heavy atom. The highest BCUT2D eigenvalue weighted by atomic mass is 79.9. The molecule has 0 spiro atoms. The van der Waals surface area contributed by atoms with Crippen molar-refractivity contribution in [3.05, 3.63) is 46.9 Å². The molecule has 1 heterocycles. The number of nitrogens with one attached hydrogen (secondary N) is 2. The van der Waals surface area contributed by atoms with E-state index in [2.05, 4.69) is 26.6 Å². The first kappa shape index (κ1) is 13.8. The van der Waals surface area contributed by atoms with Gasteiger partial charge in [-0.25, -0.2) is 0 Å². The second-order valence-electron chi connectivity index (χ2n) is 4.61. The molecule has 0 radical (unpaired) electrons. The summed E-state index contributed by atoms with van der Waals surface area (Å²) in [5.41, 5.74) is 1.21. The lowest BCUT2D eigenvalue weighted by Gasteiger charge is -2.26. The molecule has 0 aromatic heterocycles. The molecule has 2 aromatic carbocycles. The lowest BCUT2D eigenvalue weighted by molar-refractivity contribution is -0.122. The van der Waals surface area contributed by atoms with E-state index < -0.39 is 6.10 Å². The number of hydrogen-bond donors (Lipinski definition) is 3. The Balaban J connectivity index is 1.74. The van der Waals surface area contributed by atoms with Gasteiger partial charge in [-0.05, 0) is 40.2 Å². The summed E-state index contributed by atoms with van der Waals surface area (Å²) in [5, 5.41) is 15.7. The Bertz CT molecular complexity index is 690. The molecule has 1 unspecified atom stereocenters. The monoisotopic (exact) mass is 348 g/mol. The van der Waals surface area contributed by atoms with Crippen LogP contribution in [0.4, 0.5) is 11.4 Å². The van der Waals surface area contributed by atoms with E-state index in [1.54, 1.807) is 24.3 Å². The topological polar surface area (TPSA) is 70.6 Å². The molecule has 5 nitrogen and oxygen atoms in total. The molecule has 1 aliphatic heterocycles. The highest BCUT2D eigenvalue weighted by molar-refractivity contribution is 9.10. The van der Waals surface area contributed by atoms with Gasteiger partial charge < -0.3 is 20.5 Å². The van der Waals surface area contributed by atoms with Gasteiger partial charge in [0, 0.05) is 0 Å². The van der Waals surface area contributed by atoms with Crippen molar-refractivity contribution >= 4 is 33.2 Å². The summed E-state index contributed by atoms with van der Waals surface area (Å²) in [6.07, 6.45) is -0.654. The number of anilines is 2. The van der Waals surface area contributed by atoms with Crippen LogP contribution in [-0.2, 0) is 4.79 Å². The van der Waals surface area contributed by atoms with E-state index in [9.17, 15) is 9.90 Å². The average molecular weight is 349 g/mol. The smallest absolute Gasteiger partial charge is 0.267 e. The summed E-state index contributed by atoms with van der Waals surface area (Å²) in [7, 11) is 0. The van der Waals surface area contributed by atoms with E-state index in [0.29, 0.717) is 22.5 Å². The number of para-hydroxylation sites is 3. The molecule has 108 valence electrons. The molecule has 0 aliphatic carbocycles. The van der Waals surface area contributed by atoms with Crippen molar-refractivity contribution in [3.8, 4) is 11.5 Å². The van der Waals surface area contributed by atoms with E-state index in [-0.39, 0.29) is 11.7 Å². The molecule has 3 N–H and O–H groups in total. The number of rotatable bonds is 2. The molecular formula is C15H13BrN2O3. The maximum absolute atomic E-state index is 12.2. The van der Waals surface area contributed by atoms with Crippen LogP contribution in [0.5, 0.6) is 11.5 Å². The summed E-state index contributed by atoms with van der Waals surface area (Å²) in [4.78, 5) is 12.2. The zero-order valence-electron chi connectivity index (χ0n) is 11.0. The summed E-state index contributed by atoms with van der Waals surface area (Å²) in [5.74, 6) is 0.322. The lowest BCUT2D eigenvalue weighted by Crippen LogP contribution is -2.41. The molecule has 1 aliphatic rings. The Morgan fingerprint density at radius 3 is 2.95 bits per heavy atom. The van der Waals surface area contributed by atoms with E-state index in [0.717, 1.165) is 5.69 Å². The van der Waals surface area contributed by atoms with Crippen LogP contribution in [0.3, 0.4) is 0 Å². The fourth-order valence-corrected chi connectivity index (χ4v) is 2.45. The standard InChI is InChI=1S/C15H13BrN2O3/c16-9-4-3-6-11(14(9)19)18-15(20)13-8-17-10-5-1-2-7-12(10)21-13/h1-7,13,17,19H,8H2,(H,18,20). The Kier molecular flexibility index (Phi) is 3.70. The fraction of sp³-hybridized carbons (Fsp3) is 0.133. The summed E-state index contributed by atoms with van der Waals surface area (Å²) in [6.45, 7) is 0.373. The first-order valence-corrected chi connectivity index (χ1v) is 7.22. The van der Waals surface area contributed by atoms with Crippen molar-refractivity contribution in [3.63, 3.8) is 0 Å². The summed E-state index contributed by atoms with van der Waals surface area (Å²) < 4.78 is 6.19. The molecule has 6 heteroatoms. The van der Waals surface area contributed by atoms with Gasteiger partial charge in [-0.2, -0.15) is 0 Å². The molecule has 0 bridgehead atoms. The maximum atomic E-state index is 12.2. The van der Waals surface area contributed by atoms with Crippen LogP contribution < -0.4 is 15.4 Å². The molecule has 21 heavy (non-hydrogen) atoms. The summed E-state index contributed by atoms with van der Waals surface area (Å²) >= 11 is 3.21. The molecular weight excluding hydrogens is 336 g/mol. The number of hydrogen-bond acceptors (Lipinski definition) is 4. The Hall–Kier alpha value is -2.21. The minimum absolute atomic E-state index is 0.00461. The predicted octanol–water partition coefficient (Wildman–Crippen LogP) is 2.97. The number of carbonyl (C=O) groups is 1. The first-order valence-electron chi connectivity index (χ1n) is 6.43. The molecule has 2 aromatic rings. The van der Waals surface area contributed by atoms with Crippen molar-refractivity contribution in [2.24, 2.45) is 0 Å². The number of halogens is 1. The van der Waals surface area contributed by atoms with E-state index >= 15 is 0 Å². The predicted molar refractivity (Wildman–Crippen MR) is 83.8 cm³/mol. The van der Waals surface area contributed by atoms with Crippen molar-refractivity contribution in [1.82, 2.24) is 0 Å². The second kappa shape index (κ2) is 5.65. The average Bonchev–Trinajstić information content (AvgIpc) is 2.51. The van der Waals surface area contributed by atoms with Gasteiger partial charge in [-0.1, -0.05) is 18.2 Å². The van der Waals surface area contributed by atoms with Gasteiger partial charge in [-0.15, -0.1) is 0 Å². The van der Waals surface area contributed by atoms with Gasteiger partial charge in [-0.3, -0.25) is 4.79 Å². The Morgan fingerprint density at radius 1 is 1.29 bits per heavy atom. The number of carbonyl (C=O) groups excluding carboxylic acids is 1. The van der Waals surface area contributed by atoms with Crippen molar-refractivity contribution < 1.29 is 14.6 Å². The highest BCUT2D eigenvalue weighted by Gasteiger charge is 2.26. The van der Waals surface area contributed by atoms with Crippen molar-refractivity contribution in [2.75, 3.05) is 17.2 Å². The number of ether oxygens (including phenoxy) is 1. The van der Waals surface area contributed by atoms with Crippen LogP contribution in [-0.4, -0.2) is 23.7 Å². The quantitative estimate of drug-likeness (QED) is 0.729. The van der Waals surface area contributed by atoms with E-state index in [1.165, 1.54) is 0 Å². The fourth-order valence-electron chi connectivity index (χ4n) is 2.09. The lowest BCUT2D eigenvalue weighted by atomic mass is 10.2. The molecule has 1 amide bonds. The number of fused-ring (bicyclic) bond motifs is 1. The van der Waals surface area contributed by atoms with Crippen molar-refractivity contribution in [1.29, 1.82) is 0 Å². The highest BCUT2D eigenvalue weighted by Crippen LogP contribution is 2.32. The third-order valence-corrected chi connectivity index (χ3v) is 3.81. The van der Waals surface area contributed by atoms with Crippen LogP contribution in [0, 0.1) is 0 Å². The maximum Gasteiger partial charge on any atom is 0.267 e. The number of phenols is 1. The van der Waals surface area contributed by atoms with Gasteiger partial charge in [0.15, 0.2) is 11.9 Å². The zero-order chi connectivity index (χ0) is 14.8. The van der Waals surface area contributed by atoms with Gasteiger partial charge >= 0.3 is 0 Å². The van der Waals surface area contributed by atoms with Crippen molar-refractivity contribution in [2.45, 2.75) is 6.10 Å². The zero-order valence-corrected chi connectivity index (χ0v) is 12.6. The number of aromatic hydroxyl groups is 1. The van der Waals surface area contributed by atoms with Gasteiger partial charge in [0.2, 0.25) is 0 Å². The van der Waals surface area contributed by atoms with Gasteiger partial charge in [0.05, 0.1) is 22.4 Å². The minimum atomic E-state index is -0.654. The molecule has 3 rings (SSSR count). The first-order chi connectivity index (χ1) is 10.1. The Labute approximate surface area is 130 Å². The molecule has 0 fully saturated rings. The third kappa shape index (κ3) is 2.80. The molecule has 1 atom stereocenters. The van der Waals surface area contributed by atoms with Crippen LogP contribution in [0.1, 0.15) is 0 Å². The van der Waals surface area contributed by atoms with Crippen LogP contribution in [0.15, 0.2) is 46.9 Å². The van der Waals surface area contributed by atoms with E-state index in [4.69, 9.17) is 4.74 Å². The van der Waals surface area contributed by atoms with Gasteiger partial charge in [0.25, 0.3) is 5.91 Å². The van der Waals surface area contributed by atoms with Crippen LogP contribution in [0.2, 0.25) is 0 Å². The second-order valence-corrected chi connectivity index (χ2v) is 5.46. The number of phenolic OH excluding ortho intramolecular Hbond substituents is 1. The third-order valence-electron chi connectivity index (χ3n) is 3.17. The molecule has 0 saturated heterocycles. The summed E-state index contributed by atoms with van der Waals surface area (Å²) in [6, 6.07) is 12.5. The van der Waals surface area contributed by atoms with Crippen LogP contribution in [0.25, 0.3) is 0 Å². The molecule has 0 saturated carbocycles.